The number of aliphatic hydroxyl groups excluding tert-OH is 1. The maximum Gasteiger partial charge on any atom is 0.305 e. The van der Waals surface area contributed by atoms with Crippen molar-refractivity contribution < 1.29 is 14.6 Å². The summed E-state index contributed by atoms with van der Waals surface area (Å²) in [5.41, 5.74) is -0.854. The fraction of sp³-hybridized carbons (Fsp3) is 0.909. The minimum atomic E-state index is -0.854. The lowest BCUT2D eigenvalue weighted by molar-refractivity contribution is -0.148. The standard InChI is InChI=1S/C11H25N3O3/c1-6-9(15)17-7-11(13-4,14-5)10(16)8(2)12-3/h8,10,12-14,16H,6-7H2,1-5H3. The van der Waals surface area contributed by atoms with Gasteiger partial charge in [0, 0.05) is 12.5 Å². The molecular formula is C11H25N3O3. The molecule has 0 aliphatic carbocycles. The number of carbonyl (C=O) groups excluding carboxylic acids is 1. The molecule has 2 unspecified atom stereocenters. The molecule has 0 aliphatic heterocycles. The number of esters is 1. The third-order valence-corrected chi connectivity index (χ3v) is 3.08. The van der Waals surface area contributed by atoms with Crippen LogP contribution in [0, 0.1) is 0 Å². The lowest BCUT2D eigenvalue weighted by Crippen LogP contribution is -2.69. The molecule has 2 atom stereocenters. The van der Waals surface area contributed by atoms with Crippen molar-refractivity contribution in [2.24, 2.45) is 0 Å². The van der Waals surface area contributed by atoms with E-state index in [1.807, 2.05) is 6.92 Å². The lowest BCUT2D eigenvalue weighted by Gasteiger charge is -2.39. The average Bonchev–Trinajstić information content (AvgIpc) is 2.38. The molecule has 102 valence electrons. The number of nitrogens with one attached hydrogen (secondary N) is 3. The molecule has 0 fully saturated rings. The van der Waals surface area contributed by atoms with Crippen LogP contribution in [0.1, 0.15) is 20.3 Å². The number of rotatable bonds is 8. The monoisotopic (exact) mass is 247 g/mol. The summed E-state index contributed by atoms with van der Waals surface area (Å²) in [5, 5.41) is 19.2. The number of ether oxygens (including phenoxy) is 1. The average molecular weight is 247 g/mol. The molecule has 0 aromatic carbocycles. The van der Waals surface area contributed by atoms with Gasteiger partial charge in [0.25, 0.3) is 0 Å². The van der Waals surface area contributed by atoms with Crippen LogP contribution in [0.25, 0.3) is 0 Å². The van der Waals surface area contributed by atoms with E-state index in [0.717, 1.165) is 0 Å². The Morgan fingerprint density at radius 3 is 2.24 bits per heavy atom. The smallest absolute Gasteiger partial charge is 0.305 e. The lowest BCUT2D eigenvalue weighted by atomic mass is 9.98. The van der Waals surface area contributed by atoms with Gasteiger partial charge in [-0.1, -0.05) is 6.92 Å². The van der Waals surface area contributed by atoms with Crippen LogP contribution in [-0.2, 0) is 9.53 Å². The van der Waals surface area contributed by atoms with E-state index < -0.39 is 11.8 Å². The maximum absolute atomic E-state index is 11.2. The van der Waals surface area contributed by atoms with Crippen molar-refractivity contribution >= 4 is 5.97 Å². The minimum Gasteiger partial charge on any atom is -0.462 e. The normalized spacial score (nSPS) is 15.4. The van der Waals surface area contributed by atoms with Crippen molar-refractivity contribution in [1.82, 2.24) is 16.0 Å². The molecule has 0 heterocycles. The van der Waals surface area contributed by atoms with Gasteiger partial charge in [-0.05, 0) is 28.1 Å². The van der Waals surface area contributed by atoms with Crippen molar-refractivity contribution in [3.05, 3.63) is 0 Å². The van der Waals surface area contributed by atoms with Gasteiger partial charge in [0.15, 0.2) is 0 Å². The second kappa shape index (κ2) is 7.60. The van der Waals surface area contributed by atoms with E-state index in [-0.39, 0.29) is 18.6 Å². The molecule has 0 radical (unpaired) electrons. The van der Waals surface area contributed by atoms with Crippen LogP contribution in [0.5, 0.6) is 0 Å². The summed E-state index contributed by atoms with van der Waals surface area (Å²) >= 11 is 0. The Morgan fingerprint density at radius 2 is 1.88 bits per heavy atom. The minimum absolute atomic E-state index is 0.0693. The molecule has 0 rings (SSSR count). The Labute approximate surface area is 103 Å². The predicted molar refractivity (Wildman–Crippen MR) is 66.6 cm³/mol. The van der Waals surface area contributed by atoms with Crippen molar-refractivity contribution in [2.45, 2.75) is 38.1 Å². The quantitative estimate of drug-likeness (QED) is 0.327. The van der Waals surface area contributed by atoms with E-state index in [0.29, 0.717) is 6.42 Å². The number of aliphatic hydroxyl groups is 1. The molecular weight excluding hydrogens is 222 g/mol. The summed E-state index contributed by atoms with van der Waals surface area (Å²) in [6, 6.07) is -0.143. The summed E-state index contributed by atoms with van der Waals surface area (Å²) in [5.74, 6) is -0.288. The molecule has 0 aromatic rings. The van der Waals surface area contributed by atoms with Crippen LogP contribution in [-0.4, -0.2) is 56.6 Å². The summed E-state index contributed by atoms with van der Waals surface area (Å²) in [4.78, 5) is 11.2. The number of hydrogen-bond acceptors (Lipinski definition) is 6. The highest BCUT2D eigenvalue weighted by molar-refractivity contribution is 5.68. The molecule has 0 spiro atoms. The first-order chi connectivity index (χ1) is 7.97. The number of likely N-dealkylation sites (N-methyl/N-ethyl adjacent to an activating group) is 3. The SMILES string of the molecule is CCC(=O)OCC(NC)(NC)C(O)C(C)NC. The second-order valence-corrected chi connectivity index (χ2v) is 4.01. The van der Waals surface area contributed by atoms with Crippen LogP contribution < -0.4 is 16.0 Å². The molecule has 4 N–H and O–H groups in total. The summed E-state index contributed by atoms with van der Waals surface area (Å²) in [6.45, 7) is 3.66. The Hall–Kier alpha value is -0.690. The van der Waals surface area contributed by atoms with Gasteiger partial charge in [0.05, 0.1) is 0 Å². The highest BCUT2D eigenvalue weighted by Crippen LogP contribution is 2.11. The van der Waals surface area contributed by atoms with Crippen molar-refractivity contribution in [3.8, 4) is 0 Å². The largest absolute Gasteiger partial charge is 0.462 e. The summed E-state index contributed by atoms with van der Waals surface area (Å²) in [7, 11) is 5.19. The van der Waals surface area contributed by atoms with Crippen LogP contribution in [0.4, 0.5) is 0 Å². The summed E-state index contributed by atoms with van der Waals surface area (Å²) in [6.07, 6.45) is -0.423. The third-order valence-electron chi connectivity index (χ3n) is 3.08. The van der Waals surface area contributed by atoms with Crippen molar-refractivity contribution in [1.29, 1.82) is 0 Å². The van der Waals surface area contributed by atoms with Crippen LogP contribution >= 0.6 is 0 Å². The van der Waals surface area contributed by atoms with E-state index in [9.17, 15) is 9.90 Å². The van der Waals surface area contributed by atoms with E-state index >= 15 is 0 Å². The first kappa shape index (κ1) is 16.3. The first-order valence-corrected chi connectivity index (χ1v) is 5.86. The molecule has 0 amide bonds. The molecule has 0 bridgehead atoms. The zero-order valence-corrected chi connectivity index (χ0v) is 11.3. The molecule has 6 nitrogen and oxygen atoms in total. The van der Waals surface area contributed by atoms with E-state index in [2.05, 4.69) is 16.0 Å². The van der Waals surface area contributed by atoms with Gasteiger partial charge >= 0.3 is 5.97 Å². The molecule has 0 aromatic heterocycles. The van der Waals surface area contributed by atoms with Crippen molar-refractivity contribution in [2.75, 3.05) is 27.7 Å². The van der Waals surface area contributed by atoms with E-state index in [1.54, 1.807) is 28.1 Å². The van der Waals surface area contributed by atoms with Crippen LogP contribution in [0.3, 0.4) is 0 Å². The molecule has 17 heavy (non-hydrogen) atoms. The van der Waals surface area contributed by atoms with E-state index in [1.165, 1.54) is 0 Å². The first-order valence-electron chi connectivity index (χ1n) is 5.86. The van der Waals surface area contributed by atoms with Gasteiger partial charge in [0.2, 0.25) is 0 Å². The van der Waals surface area contributed by atoms with Gasteiger partial charge in [-0.3, -0.25) is 15.4 Å². The van der Waals surface area contributed by atoms with Gasteiger partial charge in [-0.15, -0.1) is 0 Å². The Morgan fingerprint density at radius 1 is 1.35 bits per heavy atom. The third kappa shape index (κ3) is 4.23. The number of hydrogen-bond donors (Lipinski definition) is 4. The Balaban J connectivity index is 4.70. The summed E-state index contributed by atoms with van der Waals surface area (Å²) < 4.78 is 5.10. The number of carbonyl (C=O) groups is 1. The van der Waals surface area contributed by atoms with Gasteiger partial charge < -0.3 is 15.2 Å². The van der Waals surface area contributed by atoms with Gasteiger partial charge in [-0.25, -0.2) is 0 Å². The zero-order valence-electron chi connectivity index (χ0n) is 11.3. The van der Waals surface area contributed by atoms with Crippen LogP contribution in [0.2, 0.25) is 0 Å². The van der Waals surface area contributed by atoms with Crippen molar-refractivity contribution in [3.63, 3.8) is 0 Å². The highest BCUT2D eigenvalue weighted by Gasteiger charge is 2.39. The van der Waals surface area contributed by atoms with Crippen LogP contribution in [0.15, 0.2) is 0 Å². The second-order valence-electron chi connectivity index (χ2n) is 4.01. The Kier molecular flexibility index (Phi) is 7.29. The fourth-order valence-corrected chi connectivity index (χ4v) is 1.53. The molecule has 6 heteroatoms. The highest BCUT2D eigenvalue weighted by atomic mass is 16.5. The maximum atomic E-state index is 11.2. The van der Waals surface area contributed by atoms with Gasteiger partial charge in [-0.2, -0.15) is 0 Å². The topological polar surface area (TPSA) is 82.6 Å². The molecule has 0 saturated heterocycles. The Bertz CT molecular complexity index is 232. The molecule has 0 aliphatic rings. The predicted octanol–water partition coefficient (Wildman–Crippen LogP) is -0.956. The zero-order chi connectivity index (χ0) is 13.5. The van der Waals surface area contributed by atoms with Gasteiger partial charge in [0.1, 0.15) is 18.4 Å². The van der Waals surface area contributed by atoms with E-state index in [4.69, 9.17) is 4.74 Å². The molecule has 0 saturated carbocycles. The fourth-order valence-electron chi connectivity index (χ4n) is 1.53.